The first-order valence-electron chi connectivity index (χ1n) is 11.2. The highest BCUT2D eigenvalue weighted by Gasteiger charge is 2.48. The Morgan fingerprint density at radius 3 is 2.11 bits per heavy atom. The number of hydrogen-bond acceptors (Lipinski definition) is 3. The number of carbonyl (C=O) groups excluding carboxylic acids is 2. The summed E-state index contributed by atoms with van der Waals surface area (Å²) >= 11 is 6.02. The van der Waals surface area contributed by atoms with Gasteiger partial charge in [0.2, 0.25) is 0 Å². The van der Waals surface area contributed by atoms with Gasteiger partial charge in [0.05, 0.1) is 16.9 Å². The zero-order valence-electron chi connectivity index (χ0n) is 19.2. The van der Waals surface area contributed by atoms with Gasteiger partial charge in [0, 0.05) is 22.8 Å². The van der Waals surface area contributed by atoms with E-state index in [1.165, 1.54) is 4.68 Å². The number of hydrogen-bond donors (Lipinski definition) is 1. The molecule has 0 spiro atoms. The van der Waals surface area contributed by atoms with Crippen LogP contribution in [0.25, 0.3) is 17.0 Å². The number of aromatic amines is 1. The summed E-state index contributed by atoms with van der Waals surface area (Å²) in [7, 11) is 0. The van der Waals surface area contributed by atoms with E-state index in [2.05, 4.69) is 5.10 Å². The van der Waals surface area contributed by atoms with Crippen molar-refractivity contribution in [1.29, 1.82) is 0 Å². The van der Waals surface area contributed by atoms with Gasteiger partial charge in [-0.3, -0.25) is 19.5 Å². The van der Waals surface area contributed by atoms with E-state index in [0.717, 1.165) is 10.5 Å². The van der Waals surface area contributed by atoms with Gasteiger partial charge in [-0.2, -0.15) is 4.57 Å². The number of carbonyl (C=O) groups is 2. The van der Waals surface area contributed by atoms with Crippen LogP contribution in [0.5, 0.6) is 0 Å². The molecule has 0 radical (unpaired) electrons. The lowest BCUT2D eigenvalue weighted by molar-refractivity contribution is -0.576. The molecule has 4 aromatic rings. The lowest BCUT2D eigenvalue weighted by Crippen LogP contribution is -2.39. The average molecular weight is 486 g/mol. The van der Waals surface area contributed by atoms with E-state index in [1.54, 1.807) is 65.5 Å². The highest BCUT2D eigenvalue weighted by Crippen LogP contribution is 2.33. The van der Waals surface area contributed by atoms with E-state index >= 15 is 0 Å². The molecular weight excluding hydrogens is 464 g/mol. The summed E-state index contributed by atoms with van der Waals surface area (Å²) in [5, 5.41) is 3.66. The van der Waals surface area contributed by atoms with Gasteiger partial charge in [0.15, 0.2) is 12.4 Å². The third kappa shape index (κ3) is 3.80. The maximum atomic E-state index is 13.9. The van der Waals surface area contributed by atoms with E-state index < -0.39 is 17.4 Å². The molecule has 1 aliphatic rings. The summed E-state index contributed by atoms with van der Waals surface area (Å²) in [5.74, 6) is -1.04. The fraction of sp³-hybridized carbons (Fsp3) is 0.111. The van der Waals surface area contributed by atoms with Crippen molar-refractivity contribution < 1.29 is 14.2 Å². The second kappa shape index (κ2) is 8.85. The zero-order valence-corrected chi connectivity index (χ0v) is 19.9. The van der Waals surface area contributed by atoms with Crippen LogP contribution in [0.2, 0.25) is 5.02 Å². The van der Waals surface area contributed by atoms with E-state index in [9.17, 15) is 14.4 Å². The Kier molecular flexibility index (Phi) is 5.70. The van der Waals surface area contributed by atoms with Crippen molar-refractivity contribution in [2.45, 2.75) is 20.3 Å². The number of anilines is 1. The summed E-state index contributed by atoms with van der Waals surface area (Å²) < 4.78 is 2.96. The minimum Gasteiger partial charge on any atom is -0.294 e. The average Bonchev–Trinajstić information content (AvgIpc) is 3.33. The van der Waals surface area contributed by atoms with Gasteiger partial charge < -0.3 is 0 Å². The number of halogens is 1. The fourth-order valence-corrected chi connectivity index (χ4v) is 4.35. The molecule has 2 aromatic carbocycles. The molecule has 0 unspecified atom stereocenters. The van der Waals surface area contributed by atoms with Crippen molar-refractivity contribution >= 4 is 40.4 Å². The quantitative estimate of drug-likeness (QED) is 0.344. The smallest absolute Gasteiger partial charge is 0.294 e. The molecule has 2 aromatic heterocycles. The minimum absolute atomic E-state index is 0.0672. The number of pyridine rings is 1. The van der Waals surface area contributed by atoms with E-state index in [1.807, 2.05) is 32.0 Å². The van der Waals surface area contributed by atoms with Crippen LogP contribution in [-0.4, -0.2) is 21.6 Å². The van der Waals surface area contributed by atoms with Gasteiger partial charge in [-0.05, 0) is 49.7 Å². The zero-order chi connectivity index (χ0) is 24.7. The summed E-state index contributed by atoms with van der Waals surface area (Å²) in [5.41, 5.74) is 2.54. The molecule has 5 rings (SSSR count). The number of imide groups is 1. The van der Waals surface area contributed by atoms with Crippen molar-refractivity contribution in [2.75, 3.05) is 4.90 Å². The number of aryl methyl sites for hydroxylation is 2. The van der Waals surface area contributed by atoms with Crippen molar-refractivity contribution in [3.8, 4) is 5.69 Å². The van der Waals surface area contributed by atoms with Crippen LogP contribution in [0.1, 0.15) is 23.7 Å². The number of amides is 2. The maximum absolute atomic E-state index is 13.9. The second-order valence-electron chi connectivity index (χ2n) is 8.22. The van der Waals surface area contributed by atoms with Crippen LogP contribution in [0.3, 0.4) is 0 Å². The molecule has 8 heteroatoms. The molecule has 2 amide bonds. The molecular formula is C27H22ClN4O3+. The van der Waals surface area contributed by atoms with Crippen molar-refractivity contribution in [3.63, 3.8) is 0 Å². The van der Waals surface area contributed by atoms with Crippen LogP contribution in [-0.2, 0) is 16.0 Å². The Morgan fingerprint density at radius 1 is 0.857 bits per heavy atom. The topological polar surface area (TPSA) is 79.1 Å². The second-order valence-corrected chi connectivity index (χ2v) is 8.66. The Bertz CT molecular complexity index is 1530. The predicted molar refractivity (Wildman–Crippen MR) is 134 cm³/mol. The Labute approximate surface area is 206 Å². The molecule has 1 aliphatic heterocycles. The summed E-state index contributed by atoms with van der Waals surface area (Å²) in [6, 6.07) is 19.3. The Balaban J connectivity index is 1.76. The van der Waals surface area contributed by atoms with Gasteiger partial charge in [0.1, 0.15) is 5.57 Å². The largest absolute Gasteiger partial charge is 0.331 e. The highest BCUT2D eigenvalue weighted by molar-refractivity contribution is 6.53. The number of H-pyrrole nitrogens is 1. The van der Waals surface area contributed by atoms with Crippen molar-refractivity contribution in [1.82, 2.24) is 9.78 Å². The van der Waals surface area contributed by atoms with Gasteiger partial charge in [-0.25, -0.2) is 9.58 Å². The molecule has 0 fully saturated rings. The molecule has 1 N–H and O–H groups in total. The van der Waals surface area contributed by atoms with Crippen LogP contribution >= 0.6 is 11.6 Å². The normalized spacial score (nSPS) is 13.7. The number of rotatable bonds is 5. The molecule has 3 heterocycles. The lowest BCUT2D eigenvalue weighted by Gasteiger charge is -2.14. The van der Waals surface area contributed by atoms with Gasteiger partial charge >= 0.3 is 5.91 Å². The molecule has 7 nitrogen and oxygen atoms in total. The maximum Gasteiger partial charge on any atom is 0.331 e. The Morgan fingerprint density at radius 2 is 1.49 bits per heavy atom. The third-order valence-corrected chi connectivity index (χ3v) is 6.23. The molecule has 174 valence electrons. The number of nitrogens with zero attached hydrogens (tertiary/aromatic N) is 3. The third-order valence-electron chi connectivity index (χ3n) is 5.98. The predicted octanol–water partition coefficient (Wildman–Crippen LogP) is 3.92. The van der Waals surface area contributed by atoms with Crippen LogP contribution < -0.4 is 15.0 Å². The Hall–Kier alpha value is -4.23. The van der Waals surface area contributed by atoms with Crippen LogP contribution in [0, 0.1) is 6.92 Å². The number of nitrogens with one attached hydrogen (secondary N) is 1. The van der Waals surface area contributed by atoms with E-state index in [0.29, 0.717) is 28.5 Å². The first-order valence-corrected chi connectivity index (χ1v) is 11.5. The van der Waals surface area contributed by atoms with Gasteiger partial charge in [-0.15, -0.1) is 0 Å². The van der Waals surface area contributed by atoms with Crippen molar-refractivity contribution in [3.05, 3.63) is 111 Å². The molecule has 0 saturated heterocycles. The first-order chi connectivity index (χ1) is 16.9. The number of benzene rings is 2. The van der Waals surface area contributed by atoms with Gasteiger partial charge in [-0.1, -0.05) is 42.3 Å². The van der Waals surface area contributed by atoms with Crippen LogP contribution in [0.15, 0.2) is 83.9 Å². The van der Waals surface area contributed by atoms with E-state index in [-0.39, 0.29) is 16.8 Å². The number of aromatic nitrogens is 3. The SMILES string of the molecule is CCc1[nH]n(-c2ccc(Cl)cc2)c(=O)c1C1=C([n+]2ccccc2)C(=O)N(c2ccc(C)cc2)C1=O. The summed E-state index contributed by atoms with van der Waals surface area (Å²) in [6.07, 6.45) is 3.83. The first kappa shape index (κ1) is 22.6. The monoisotopic (exact) mass is 485 g/mol. The molecule has 0 saturated carbocycles. The lowest BCUT2D eigenvalue weighted by atomic mass is 10.0. The summed E-state index contributed by atoms with van der Waals surface area (Å²) in [6.45, 7) is 3.81. The van der Waals surface area contributed by atoms with Crippen molar-refractivity contribution in [2.24, 2.45) is 0 Å². The van der Waals surface area contributed by atoms with Crippen LogP contribution in [0.4, 0.5) is 5.69 Å². The fourth-order valence-electron chi connectivity index (χ4n) is 4.23. The standard InChI is InChI=1S/C27H21ClN4O3/c1-3-21-22(26(34)32(29-21)20-13-9-18(28)10-14-20)23-24(30-15-5-4-6-16-30)27(35)31(25(23)33)19-11-7-17(2)8-12-19/h4-16H,3H2,1-2H3/p+1. The van der Waals surface area contributed by atoms with Gasteiger partial charge in [0.25, 0.3) is 17.2 Å². The van der Waals surface area contributed by atoms with E-state index in [4.69, 9.17) is 11.6 Å². The molecule has 0 aliphatic carbocycles. The molecule has 0 bridgehead atoms. The molecule has 0 atom stereocenters. The molecule has 35 heavy (non-hydrogen) atoms. The minimum atomic E-state index is -0.542. The highest BCUT2D eigenvalue weighted by atomic mass is 35.5. The summed E-state index contributed by atoms with van der Waals surface area (Å²) in [4.78, 5) is 42.4.